The van der Waals surface area contributed by atoms with Crippen LogP contribution in [0.25, 0.3) is 4.96 Å². The smallest absolute Gasteiger partial charge is 0.193 e. The summed E-state index contributed by atoms with van der Waals surface area (Å²) >= 11 is 1.64. The number of fused-ring (bicyclic) bond motifs is 1. The SMILES string of the molecule is C=CCC(Cc1cn2ccsc2n1)NN. The summed E-state index contributed by atoms with van der Waals surface area (Å²) in [6.07, 6.45) is 7.59. The zero-order valence-electron chi connectivity index (χ0n) is 8.39. The number of aromatic nitrogens is 2. The van der Waals surface area contributed by atoms with Gasteiger partial charge >= 0.3 is 0 Å². The number of hydrazine groups is 1. The van der Waals surface area contributed by atoms with E-state index in [0.717, 1.165) is 23.5 Å². The zero-order valence-corrected chi connectivity index (χ0v) is 9.20. The first-order valence-corrected chi connectivity index (χ1v) is 5.69. The molecule has 0 saturated carbocycles. The van der Waals surface area contributed by atoms with Crippen LogP contribution in [0.3, 0.4) is 0 Å². The summed E-state index contributed by atoms with van der Waals surface area (Å²) in [5, 5.41) is 2.02. The van der Waals surface area contributed by atoms with Crippen molar-refractivity contribution in [3.63, 3.8) is 0 Å². The maximum Gasteiger partial charge on any atom is 0.193 e. The highest BCUT2D eigenvalue weighted by Crippen LogP contribution is 2.13. The fraction of sp³-hybridized carbons (Fsp3) is 0.300. The van der Waals surface area contributed by atoms with Crippen LogP contribution in [0.1, 0.15) is 12.1 Å². The molecule has 1 atom stereocenters. The van der Waals surface area contributed by atoms with E-state index in [1.165, 1.54) is 0 Å². The molecule has 15 heavy (non-hydrogen) atoms. The Hall–Kier alpha value is -1.17. The predicted octanol–water partition coefficient (Wildman–Crippen LogP) is 1.35. The summed E-state index contributed by atoms with van der Waals surface area (Å²) in [6, 6.07) is 0.215. The third-order valence-electron chi connectivity index (χ3n) is 2.29. The molecule has 0 saturated heterocycles. The molecule has 0 radical (unpaired) electrons. The van der Waals surface area contributed by atoms with Crippen molar-refractivity contribution in [3.05, 3.63) is 36.1 Å². The van der Waals surface area contributed by atoms with E-state index in [4.69, 9.17) is 5.84 Å². The number of nitrogens with one attached hydrogen (secondary N) is 1. The largest absolute Gasteiger partial charge is 0.297 e. The Bertz CT molecular complexity index is 416. The third-order valence-corrected chi connectivity index (χ3v) is 3.06. The standard InChI is InChI=1S/C10H14N4S/c1-2-3-8(13-11)6-9-7-14-4-5-15-10(14)12-9/h2,4-5,7-8,13H,1,3,6,11H2. The third kappa shape index (κ3) is 2.26. The van der Waals surface area contributed by atoms with Gasteiger partial charge in [-0.3, -0.25) is 15.7 Å². The first-order chi connectivity index (χ1) is 7.33. The first-order valence-electron chi connectivity index (χ1n) is 4.81. The van der Waals surface area contributed by atoms with Crippen molar-refractivity contribution in [2.75, 3.05) is 0 Å². The molecule has 0 amide bonds. The fourth-order valence-corrected chi connectivity index (χ4v) is 2.26. The lowest BCUT2D eigenvalue weighted by atomic mass is 10.1. The summed E-state index contributed by atoms with van der Waals surface area (Å²) in [5.74, 6) is 5.45. The number of hydrogen-bond acceptors (Lipinski definition) is 4. The minimum absolute atomic E-state index is 0.215. The highest BCUT2D eigenvalue weighted by molar-refractivity contribution is 7.15. The molecule has 0 spiro atoms. The van der Waals surface area contributed by atoms with Crippen molar-refractivity contribution in [2.24, 2.45) is 5.84 Å². The number of nitrogens with two attached hydrogens (primary N) is 1. The van der Waals surface area contributed by atoms with Gasteiger partial charge < -0.3 is 0 Å². The number of nitrogens with zero attached hydrogens (tertiary/aromatic N) is 2. The summed E-state index contributed by atoms with van der Waals surface area (Å²) < 4.78 is 2.03. The maximum absolute atomic E-state index is 5.45. The fourth-order valence-electron chi connectivity index (χ4n) is 1.54. The molecule has 2 aromatic rings. The highest BCUT2D eigenvalue weighted by atomic mass is 32.1. The molecular formula is C10H14N4S. The second-order valence-corrected chi connectivity index (χ2v) is 4.29. The molecular weight excluding hydrogens is 208 g/mol. The topological polar surface area (TPSA) is 55.3 Å². The Morgan fingerprint density at radius 2 is 2.60 bits per heavy atom. The minimum atomic E-state index is 0.215. The normalized spacial score (nSPS) is 13.1. The Kier molecular flexibility index (Phi) is 3.15. The van der Waals surface area contributed by atoms with Crippen LogP contribution in [0.5, 0.6) is 0 Å². The molecule has 4 nitrogen and oxygen atoms in total. The van der Waals surface area contributed by atoms with Gasteiger partial charge in [-0.1, -0.05) is 6.08 Å². The van der Waals surface area contributed by atoms with Crippen LogP contribution in [0.2, 0.25) is 0 Å². The number of imidazole rings is 1. The first kappa shape index (κ1) is 10.4. The molecule has 80 valence electrons. The van der Waals surface area contributed by atoms with Crippen LogP contribution in [0.4, 0.5) is 0 Å². The Morgan fingerprint density at radius 3 is 3.27 bits per heavy atom. The van der Waals surface area contributed by atoms with Crippen molar-refractivity contribution < 1.29 is 0 Å². The van der Waals surface area contributed by atoms with Gasteiger partial charge in [0, 0.05) is 30.2 Å². The molecule has 0 aromatic carbocycles. The summed E-state index contributed by atoms with van der Waals surface area (Å²) in [7, 11) is 0. The van der Waals surface area contributed by atoms with Crippen molar-refractivity contribution >= 4 is 16.3 Å². The van der Waals surface area contributed by atoms with Crippen LogP contribution in [0.15, 0.2) is 30.4 Å². The summed E-state index contributed by atoms with van der Waals surface area (Å²) in [5.41, 5.74) is 3.83. The monoisotopic (exact) mass is 222 g/mol. The van der Waals surface area contributed by atoms with Crippen molar-refractivity contribution in [1.29, 1.82) is 0 Å². The van der Waals surface area contributed by atoms with Gasteiger partial charge in [0.2, 0.25) is 0 Å². The number of thiazole rings is 1. The molecule has 2 rings (SSSR count). The summed E-state index contributed by atoms with van der Waals surface area (Å²) in [6.45, 7) is 3.70. The Labute approximate surface area is 92.4 Å². The van der Waals surface area contributed by atoms with Gasteiger partial charge in [-0.15, -0.1) is 17.9 Å². The molecule has 0 aliphatic heterocycles. The van der Waals surface area contributed by atoms with Crippen LogP contribution < -0.4 is 11.3 Å². The van der Waals surface area contributed by atoms with Gasteiger partial charge in [-0.25, -0.2) is 4.98 Å². The molecule has 0 fully saturated rings. The van der Waals surface area contributed by atoms with Crippen LogP contribution in [-0.4, -0.2) is 15.4 Å². The quantitative estimate of drug-likeness (QED) is 0.456. The van der Waals surface area contributed by atoms with Crippen molar-refractivity contribution in [3.8, 4) is 0 Å². The predicted molar refractivity (Wildman–Crippen MR) is 62.7 cm³/mol. The van der Waals surface area contributed by atoms with Crippen LogP contribution >= 0.6 is 11.3 Å². The molecule has 1 unspecified atom stereocenters. The second-order valence-electron chi connectivity index (χ2n) is 3.42. The minimum Gasteiger partial charge on any atom is -0.297 e. The van der Waals surface area contributed by atoms with E-state index < -0.39 is 0 Å². The molecule has 0 aliphatic rings. The van der Waals surface area contributed by atoms with E-state index in [1.54, 1.807) is 11.3 Å². The molecule has 2 aromatic heterocycles. The van der Waals surface area contributed by atoms with E-state index in [9.17, 15) is 0 Å². The number of hydrogen-bond donors (Lipinski definition) is 2. The lowest BCUT2D eigenvalue weighted by Gasteiger charge is -2.11. The number of rotatable bonds is 5. The average molecular weight is 222 g/mol. The van der Waals surface area contributed by atoms with E-state index in [-0.39, 0.29) is 6.04 Å². The Morgan fingerprint density at radius 1 is 1.73 bits per heavy atom. The van der Waals surface area contributed by atoms with Gasteiger partial charge in [0.05, 0.1) is 5.69 Å². The van der Waals surface area contributed by atoms with E-state index >= 15 is 0 Å². The average Bonchev–Trinajstić information content (AvgIpc) is 2.77. The molecule has 0 aliphatic carbocycles. The second kappa shape index (κ2) is 4.57. The zero-order chi connectivity index (χ0) is 10.7. The van der Waals surface area contributed by atoms with Gasteiger partial charge in [0.1, 0.15) is 0 Å². The van der Waals surface area contributed by atoms with Gasteiger partial charge in [-0.2, -0.15) is 0 Å². The molecule has 3 N–H and O–H groups in total. The lowest BCUT2D eigenvalue weighted by Crippen LogP contribution is -2.36. The molecule has 0 bridgehead atoms. The van der Waals surface area contributed by atoms with Gasteiger partial charge in [0.25, 0.3) is 0 Å². The van der Waals surface area contributed by atoms with Gasteiger partial charge in [0.15, 0.2) is 4.96 Å². The lowest BCUT2D eigenvalue weighted by molar-refractivity contribution is 0.527. The van der Waals surface area contributed by atoms with Crippen LogP contribution in [-0.2, 0) is 6.42 Å². The van der Waals surface area contributed by atoms with Crippen molar-refractivity contribution in [1.82, 2.24) is 14.8 Å². The van der Waals surface area contributed by atoms with E-state index in [1.807, 2.05) is 28.3 Å². The van der Waals surface area contributed by atoms with E-state index in [0.29, 0.717) is 0 Å². The highest BCUT2D eigenvalue weighted by Gasteiger charge is 2.09. The van der Waals surface area contributed by atoms with Gasteiger partial charge in [-0.05, 0) is 6.42 Å². The van der Waals surface area contributed by atoms with E-state index in [2.05, 4.69) is 17.0 Å². The molecule has 2 heterocycles. The molecule has 5 heteroatoms. The maximum atomic E-state index is 5.45. The summed E-state index contributed by atoms with van der Waals surface area (Å²) in [4.78, 5) is 5.52. The Balaban J connectivity index is 2.10. The van der Waals surface area contributed by atoms with Crippen LogP contribution in [0, 0.1) is 0 Å². The van der Waals surface area contributed by atoms with Crippen molar-refractivity contribution in [2.45, 2.75) is 18.9 Å².